The molecule has 1 aromatic carbocycles. The highest BCUT2D eigenvalue weighted by Gasteiger charge is 2.34. The normalized spacial score (nSPS) is 18.4. The Morgan fingerprint density at radius 1 is 1.29 bits per heavy atom. The van der Waals surface area contributed by atoms with Gasteiger partial charge in [0.15, 0.2) is 0 Å². The fraction of sp³-hybridized carbons (Fsp3) is 0.611. The molecule has 2 rings (SSSR count). The van der Waals surface area contributed by atoms with Gasteiger partial charge in [-0.3, -0.25) is 4.79 Å². The van der Waals surface area contributed by atoms with Crippen molar-refractivity contribution in [3.05, 3.63) is 35.9 Å². The van der Waals surface area contributed by atoms with E-state index in [0.717, 1.165) is 25.8 Å². The van der Waals surface area contributed by atoms with Crippen molar-refractivity contribution < 1.29 is 4.79 Å². The molecule has 0 radical (unpaired) electrons. The van der Waals surface area contributed by atoms with Crippen molar-refractivity contribution in [1.29, 1.82) is 0 Å². The standard InChI is InChI=1S/C18H28N2O/c1-2-8-16(19)17(21)20-14-18(11-6-7-12-18)13-15-9-4-3-5-10-15/h3-5,9-10,16H,2,6-8,11-14,19H2,1H3,(H,20,21). The predicted octanol–water partition coefficient (Wildman–Crippen LogP) is 3.03. The van der Waals surface area contributed by atoms with Crippen LogP contribution in [0.25, 0.3) is 0 Å². The smallest absolute Gasteiger partial charge is 0.236 e. The molecule has 0 bridgehead atoms. The van der Waals surface area contributed by atoms with Gasteiger partial charge in [-0.1, -0.05) is 56.5 Å². The number of carbonyl (C=O) groups is 1. The summed E-state index contributed by atoms with van der Waals surface area (Å²) in [4.78, 5) is 12.0. The molecule has 0 heterocycles. The van der Waals surface area contributed by atoms with Gasteiger partial charge in [0.2, 0.25) is 5.91 Å². The summed E-state index contributed by atoms with van der Waals surface area (Å²) in [6.45, 7) is 2.82. The lowest BCUT2D eigenvalue weighted by Crippen LogP contribution is -2.45. The van der Waals surface area contributed by atoms with Gasteiger partial charge in [-0.25, -0.2) is 0 Å². The summed E-state index contributed by atoms with van der Waals surface area (Å²) in [6.07, 6.45) is 7.70. The summed E-state index contributed by atoms with van der Waals surface area (Å²) < 4.78 is 0. The minimum absolute atomic E-state index is 0.0104. The zero-order chi connectivity index (χ0) is 15.1. The van der Waals surface area contributed by atoms with E-state index in [2.05, 4.69) is 42.6 Å². The van der Waals surface area contributed by atoms with E-state index < -0.39 is 0 Å². The zero-order valence-electron chi connectivity index (χ0n) is 13.1. The highest BCUT2D eigenvalue weighted by atomic mass is 16.2. The summed E-state index contributed by atoms with van der Waals surface area (Å²) in [5.41, 5.74) is 7.49. The van der Waals surface area contributed by atoms with Crippen molar-refractivity contribution >= 4 is 5.91 Å². The lowest BCUT2D eigenvalue weighted by Gasteiger charge is -2.30. The second kappa shape index (κ2) is 7.60. The number of hydrogen-bond donors (Lipinski definition) is 2. The monoisotopic (exact) mass is 288 g/mol. The summed E-state index contributed by atoms with van der Waals surface area (Å²) in [7, 11) is 0. The third-order valence-electron chi connectivity index (χ3n) is 4.66. The molecule has 1 aliphatic carbocycles. The first-order valence-electron chi connectivity index (χ1n) is 8.22. The van der Waals surface area contributed by atoms with Gasteiger partial charge in [-0.15, -0.1) is 0 Å². The molecule has 1 fully saturated rings. The summed E-state index contributed by atoms with van der Waals surface area (Å²) in [5, 5.41) is 3.11. The van der Waals surface area contributed by atoms with E-state index >= 15 is 0 Å². The molecule has 3 heteroatoms. The van der Waals surface area contributed by atoms with Crippen LogP contribution < -0.4 is 11.1 Å². The molecule has 3 nitrogen and oxygen atoms in total. The van der Waals surface area contributed by atoms with E-state index in [0.29, 0.717) is 0 Å². The lowest BCUT2D eigenvalue weighted by molar-refractivity contribution is -0.123. The predicted molar refractivity (Wildman–Crippen MR) is 86.9 cm³/mol. The van der Waals surface area contributed by atoms with E-state index in [4.69, 9.17) is 5.73 Å². The van der Waals surface area contributed by atoms with Crippen molar-refractivity contribution in [3.8, 4) is 0 Å². The van der Waals surface area contributed by atoms with Crippen LogP contribution in [0.15, 0.2) is 30.3 Å². The second-order valence-electron chi connectivity index (χ2n) is 6.48. The molecule has 1 atom stereocenters. The first-order chi connectivity index (χ1) is 10.2. The van der Waals surface area contributed by atoms with Gasteiger partial charge in [0.05, 0.1) is 6.04 Å². The number of hydrogen-bond acceptors (Lipinski definition) is 2. The molecule has 1 saturated carbocycles. The summed E-state index contributed by atoms with van der Waals surface area (Å²) in [5.74, 6) is 0.0104. The number of amides is 1. The Balaban J connectivity index is 1.94. The Hall–Kier alpha value is -1.35. The minimum atomic E-state index is -0.356. The molecule has 0 spiro atoms. The molecular weight excluding hydrogens is 260 g/mol. The van der Waals surface area contributed by atoms with E-state index in [1.54, 1.807) is 0 Å². The van der Waals surface area contributed by atoms with Crippen molar-refractivity contribution in [2.75, 3.05) is 6.54 Å². The maximum Gasteiger partial charge on any atom is 0.236 e. The SMILES string of the molecule is CCCC(N)C(=O)NCC1(Cc2ccccc2)CCCC1. The van der Waals surface area contributed by atoms with E-state index in [9.17, 15) is 4.79 Å². The van der Waals surface area contributed by atoms with Crippen molar-refractivity contribution in [1.82, 2.24) is 5.32 Å². The largest absolute Gasteiger partial charge is 0.354 e. The molecular formula is C18H28N2O. The molecule has 1 amide bonds. The van der Waals surface area contributed by atoms with Crippen molar-refractivity contribution in [2.45, 2.75) is 57.9 Å². The Kier molecular flexibility index (Phi) is 5.80. The minimum Gasteiger partial charge on any atom is -0.354 e. The summed E-state index contributed by atoms with van der Waals surface area (Å²) >= 11 is 0. The number of nitrogens with one attached hydrogen (secondary N) is 1. The van der Waals surface area contributed by atoms with Gasteiger partial charge in [-0.05, 0) is 36.7 Å². The Morgan fingerprint density at radius 3 is 2.57 bits per heavy atom. The average molecular weight is 288 g/mol. The molecule has 1 unspecified atom stereocenters. The van der Waals surface area contributed by atoms with Crippen LogP contribution in [0.4, 0.5) is 0 Å². The van der Waals surface area contributed by atoms with Gasteiger partial charge in [0.25, 0.3) is 0 Å². The van der Waals surface area contributed by atoms with Crippen molar-refractivity contribution in [3.63, 3.8) is 0 Å². The molecule has 1 aliphatic rings. The summed E-state index contributed by atoms with van der Waals surface area (Å²) in [6, 6.07) is 10.2. The molecule has 21 heavy (non-hydrogen) atoms. The number of nitrogens with two attached hydrogens (primary N) is 1. The van der Waals surface area contributed by atoms with Crippen LogP contribution in [0, 0.1) is 5.41 Å². The van der Waals surface area contributed by atoms with Crippen LogP contribution in [-0.2, 0) is 11.2 Å². The maximum absolute atomic E-state index is 12.0. The average Bonchev–Trinajstić information content (AvgIpc) is 2.95. The number of carbonyl (C=O) groups excluding carboxylic acids is 1. The van der Waals surface area contributed by atoms with Crippen LogP contribution in [0.3, 0.4) is 0 Å². The number of benzene rings is 1. The third-order valence-corrected chi connectivity index (χ3v) is 4.66. The van der Waals surface area contributed by atoms with Crippen LogP contribution in [0.1, 0.15) is 51.0 Å². The second-order valence-corrected chi connectivity index (χ2v) is 6.48. The van der Waals surface area contributed by atoms with Gasteiger partial charge in [0.1, 0.15) is 0 Å². The Bertz CT molecular complexity index is 438. The highest BCUT2D eigenvalue weighted by Crippen LogP contribution is 2.40. The quantitative estimate of drug-likeness (QED) is 0.810. The van der Waals surface area contributed by atoms with Crippen LogP contribution in [-0.4, -0.2) is 18.5 Å². The molecule has 116 valence electrons. The first-order valence-corrected chi connectivity index (χ1v) is 8.22. The maximum atomic E-state index is 12.0. The van der Waals surface area contributed by atoms with E-state index in [1.807, 2.05) is 0 Å². The van der Waals surface area contributed by atoms with E-state index in [-0.39, 0.29) is 17.4 Å². The van der Waals surface area contributed by atoms with Crippen LogP contribution in [0.5, 0.6) is 0 Å². The highest BCUT2D eigenvalue weighted by molar-refractivity contribution is 5.81. The van der Waals surface area contributed by atoms with Gasteiger partial charge < -0.3 is 11.1 Å². The topological polar surface area (TPSA) is 55.1 Å². The van der Waals surface area contributed by atoms with Gasteiger partial charge in [-0.2, -0.15) is 0 Å². The Morgan fingerprint density at radius 2 is 1.95 bits per heavy atom. The molecule has 0 aromatic heterocycles. The zero-order valence-corrected chi connectivity index (χ0v) is 13.1. The van der Waals surface area contributed by atoms with E-state index in [1.165, 1.54) is 31.2 Å². The van der Waals surface area contributed by atoms with Gasteiger partial charge in [0, 0.05) is 6.54 Å². The molecule has 1 aromatic rings. The van der Waals surface area contributed by atoms with Crippen molar-refractivity contribution in [2.24, 2.45) is 11.1 Å². The molecule has 0 aliphatic heterocycles. The lowest BCUT2D eigenvalue weighted by atomic mass is 9.80. The third kappa shape index (κ3) is 4.57. The fourth-order valence-electron chi connectivity index (χ4n) is 3.42. The van der Waals surface area contributed by atoms with Crippen LogP contribution in [0.2, 0.25) is 0 Å². The number of rotatable bonds is 7. The first kappa shape index (κ1) is 16.0. The fourth-order valence-corrected chi connectivity index (χ4v) is 3.42. The van der Waals surface area contributed by atoms with Gasteiger partial charge >= 0.3 is 0 Å². The van der Waals surface area contributed by atoms with Crippen LogP contribution >= 0.6 is 0 Å². The molecule has 3 N–H and O–H groups in total. The molecule has 0 saturated heterocycles. The Labute approximate surface area is 128 Å².